The lowest BCUT2D eigenvalue weighted by Crippen LogP contribution is -2.24. The Balaban J connectivity index is -0.000000180. The normalized spacial score (nSPS) is 10.7. The third kappa shape index (κ3) is 51.4. The number of carboxylic acids is 1. The lowest BCUT2D eigenvalue weighted by molar-refractivity contribution is -0.144. The van der Waals surface area contributed by atoms with Crippen molar-refractivity contribution < 1.29 is 39.2 Å². The number of ketones is 2. The van der Waals surface area contributed by atoms with Crippen LogP contribution in [0.1, 0.15) is 114 Å². The van der Waals surface area contributed by atoms with Crippen LogP contribution in [0.25, 0.3) is 0 Å². The van der Waals surface area contributed by atoms with Crippen LogP contribution in [0.15, 0.2) is 0 Å². The molecule has 0 aliphatic carbocycles. The number of alkyl halides is 1. The van der Waals surface area contributed by atoms with Gasteiger partial charge in [0.25, 0.3) is 0 Å². The minimum atomic E-state index is -0.789. The molecule has 0 saturated heterocycles. The highest BCUT2D eigenvalue weighted by Crippen LogP contribution is 2.19. The summed E-state index contributed by atoms with van der Waals surface area (Å²) in [5.41, 5.74) is -0.561. The Morgan fingerprint density at radius 3 is 1.34 bits per heavy atom. The molecule has 0 atom stereocenters. The monoisotopic (exact) mass is 700 g/mol. The van der Waals surface area contributed by atoms with Crippen LogP contribution >= 0.6 is 11.6 Å². The molecule has 0 aromatic rings. The van der Waals surface area contributed by atoms with Gasteiger partial charge in [-0.3, -0.25) is 19.2 Å². The van der Waals surface area contributed by atoms with Crippen LogP contribution in [0.4, 0.5) is 0 Å². The number of hydrogen-bond donors (Lipinski definition) is 4. The Morgan fingerprint density at radius 2 is 1.06 bits per heavy atom. The molecular weight excluding hydrogens is 626 g/mol. The number of carbonyl (C=O) groups excluding carboxylic acids is 3. The topological polar surface area (TPSA) is 157 Å². The first-order valence-electron chi connectivity index (χ1n) is 17.0. The Hall–Kier alpha value is -1.63. The summed E-state index contributed by atoms with van der Waals surface area (Å²) in [5.74, 6) is -0.140. The van der Waals surface area contributed by atoms with Gasteiger partial charge < -0.3 is 35.2 Å². The molecule has 0 rings (SSSR count). The lowest BCUT2D eigenvalue weighted by Gasteiger charge is -2.16. The first-order chi connectivity index (χ1) is 21.7. The highest BCUT2D eigenvalue weighted by molar-refractivity contribution is 6.17. The van der Waals surface area contributed by atoms with E-state index in [0.717, 1.165) is 45.6 Å². The van der Waals surface area contributed by atoms with E-state index < -0.39 is 5.97 Å². The van der Waals surface area contributed by atoms with E-state index >= 15 is 0 Å². The summed E-state index contributed by atoms with van der Waals surface area (Å²) < 4.78 is 5.12. The standard InChI is InChI=1S/C15H29NO3.C10H18O3.C5H13NO.C3H9N.C2H5ClO/c1-6-16(5)11-12-19-14(18)10-8-7-9-13(17)15(2,3)4;1-10(2,3)8(11)6-4-5-7-9(12)13;1-3-6(2)4-5-7;1-3-4-2;3-1-2-4/h6-12H2,1-5H3;4-7H2,1-3H3,(H,12,13);7H,3-5H2,1-2H3;4H,3H2,1-2H3;4H,1-2H2. The molecule has 0 aromatic carbocycles. The number of carboxylic acid groups (broad SMARTS) is 1. The average molecular weight is 700 g/mol. The SMILES string of the molecule is CC(C)(C)C(=O)CCCCC(=O)O.CCN(C)CCO.CCN(C)CCOC(=O)CCCCC(=O)C(C)(C)C.CCNC.OCCCl. The molecule has 0 unspecified atom stereocenters. The first kappa shape index (κ1) is 54.8. The van der Waals surface area contributed by atoms with Gasteiger partial charge in [0.2, 0.25) is 0 Å². The van der Waals surface area contributed by atoms with Gasteiger partial charge in [0.1, 0.15) is 18.2 Å². The third-order valence-corrected chi connectivity index (χ3v) is 6.66. The summed E-state index contributed by atoms with van der Waals surface area (Å²) in [6, 6.07) is 0. The van der Waals surface area contributed by atoms with E-state index in [1.165, 1.54) is 0 Å². The van der Waals surface area contributed by atoms with Gasteiger partial charge in [-0.15, -0.1) is 11.6 Å². The highest BCUT2D eigenvalue weighted by atomic mass is 35.5. The van der Waals surface area contributed by atoms with E-state index in [0.29, 0.717) is 44.6 Å². The average Bonchev–Trinajstić information content (AvgIpc) is 3.00. The number of aliphatic carboxylic acids is 1. The van der Waals surface area contributed by atoms with E-state index in [2.05, 4.69) is 35.9 Å². The van der Waals surface area contributed by atoms with E-state index in [-0.39, 0.29) is 48.0 Å². The van der Waals surface area contributed by atoms with Crippen LogP contribution in [0, 0.1) is 10.8 Å². The van der Waals surface area contributed by atoms with Crippen LogP contribution in [-0.4, -0.2) is 128 Å². The van der Waals surface area contributed by atoms with E-state index in [9.17, 15) is 19.2 Å². The number of ether oxygens (including phenoxy) is 1. The molecule has 0 bridgehead atoms. The predicted molar refractivity (Wildman–Crippen MR) is 195 cm³/mol. The number of aliphatic hydroxyl groups excluding tert-OH is 2. The third-order valence-electron chi connectivity index (χ3n) is 6.49. The van der Waals surface area contributed by atoms with Gasteiger partial charge in [-0.25, -0.2) is 0 Å². The molecular formula is C35H74ClN3O8. The number of likely N-dealkylation sites (N-methyl/N-ethyl adjacent to an activating group) is 2. The summed E-state index contributed by atoms with van der Waals surface area (Å²) in [7, 11) is 5.90. The molecule has 12 heteroatoms. The summed E-state index contributed by atoms with van der Waals surface area (Å²) in [5, 5.41) is 27.4. The van der Waals surface area contributed by atoms with E-state index in [4.69, 9.17) is 31.7 Å². The number of carbonyl (C=O) groups is 4. The van der Waals surface area contributed by atoms with Crippen molar-refractivity contribution in [3.05, 3.63) is 0 Å². The maximum absolute atomic E-state index is 11.7. The zero-order chi connectivity index (χ0) is 37.9. The molecule has 0 heterocycles. The molecule has 0 fully saturated rings. The number of Topliss-reactive ketones (excluding diaryl/α,β-unsaturated/α-hetero) is 2. The second-order valence-corrected chi connectivity index (χ2v) is 13.4. The molecule has 4 N–H and O–H groups in total. The van der Waals surface area contributed by atoms with Gasteiger partial charge in [-0.2, -0.15) is 0 Å². The summed E-state index contributed by atoms with van der Waals surface area (Å²) >= 11 is 4.94. The second-order valence-electron chi connectivity index (χ2n) is 13.0. The van der Waals surface area contributed by atoms with Gasteiger partial charge in [-0.05, 0) is 66.5 Å². The quantitative estimate of drug-likeness (QED) is 0.0791. The van der Waals surface area contributed by atoms with Crippen molar-refractivity contribution in [1.82, 2.24) is 15.1 Å². The zero-order valence-electron chi connectivity index (χ0n) is 32.2. The van der Waals surface area contributed by atoms with Crippen LogP contribution in [0.5, 0.6) is 0 Å². The van der Waals surface area contributed by atoms with Crippen LogP contribution in [0.2, 0.25) is 0 Å². The molecule has 0 aliphatic heterocycles. The Bertz CT molecular complexity index is 733. The van der Waals surface area contributed by atoms with Gasteiger partial charge in [-0.1, -0.05) is 62.3 Å². The maximum Gasteiger partial charge on any atom is 0.305 e. The van der Waals surface area contributed by atoms with Crippen molar-refractivity contribution in [1.29, 1.82) is 0 Å². The van der Waals surface area contributed by atoms with Gasteiger partial charge in [0.15, 0.2) is 0 Å². The molecule has 0 aliphatic rings. The van der Waals surface area contributed by atoms with Crippen LogP contribution < -0.4 is 5.32 Å². The van der Waals surface area contributed by atoms with Gasteiger partial charge >= 0.3 is 11.9 Å². The fourth-order valence-corrected chi connectivity index (χ4v) is 2.74. The van der Waals surface area contributed by atoms with Crippen molar-refractivity contribution in [2.75, 3.05) is 79.6 Å². The molecule has 0 amide bonds. The van der Waals surface area contributed by atoms with Crippen molar-refractivity contribution in [2.24, 2.45) is 10.8 Å². The molecule has 0 saturated carbocycles. The Labute approximate surface area is 293 Å². The largest absolute Gasteiger partial charge is 0.481 e. The maximum atomic E-state index is 11.7. The molecule has 0 radical (unpaired) electrons. The summed E-state index contributed by atoms with van der Waals surface area (Å²) in [6.45, 7) is 23.0. The minimum Gasteiger partial charge on any atom is -0.481 e. The first-order valence-corrected chi connectivity index (χ1v) is 17.5. The fraction of sp³-hybridized carbons (Fsp3) is 0.886. The number of rotatable bonds is 19. The van der Waals surface area contributed by atoms with E-state index in [1.807, 2.05) is 62.7 Å². The van der Waals surface area contributed by atoms with Crippen molar-refractivity contribution in [2.45, 2.75) is 114 Å². The molecule has 0 spiro atoms. The number of nitrogens with zero attached hydrogens (tertiary/aromatic N) is 2. The van der Waals surface area contributed by atoms with E-state index in [1.54, 1.807) is 0 Å². The van der Waals surface area contributed by atoms with Crippen molar-refractivity contribution >= 4 is 35.1 Å². The van der Waals surface area contributed by atoms with Gasteiger partial charge in [0.05, 0.1) is 13.2 Å². The summed E-state index contributed by atoms with van der Waals surface area (Å²) in [6.07, 6.45) is 4.39. The van der Waals surface area contributed by atoms with Crippen LogP contribution in [-0.2, 0) is 23.9 Å². The minimum absolute atomic E-state index is 0.0849. The zero-order valence-corrected chi connectivity index (χ0v) is 32.9. The number of halogens is 1. The number of nitrogens with one attached hydrogen (secondary N) is 1. The van der Waals surface area contributed by atoms with Crippen molar-refractivity contribution in [3.8, 4) is 0 Å². The molecule has 47 heavy (non-hydrogen) atoms. The highest BCUT2D eigenvalue weighted by Gasteiger charge is 2.21. The Morgan fingerprint density at radius 1 is 0.702 bits per heavy atom. The number of aliphatic hydroxyl groups is 2. The Kier molecular flexibility index (Phi) is 43.4. The predicted octanol–water partition coefficient (Wildman–Crippen LogP) is 5.28. The number of hydrogen-bond acceptors (Lipinski definition) is 10. The smallest absolute Gasteiger partial charge is 0.305 e. The molecule has 11 nitrogen and oxygen atoms in total. The lowest BCUT2D eigenvalue weighted by atomic mass is 9.88. The number of esters is 1. The van der Waals surface area contributed by atoms with Crippen LogP contribution in [0.3, 0.4) is 0 Å². The van der Waals surface area contributed by atoms with Gasteiger partial charge in [0, 0.05) is 55.5 Å². The number of unbranched alkanes of at least 4 members (excludes halogenated alkanes) is 2. The molecule has 284 valence electrons. The second kappa shape index (κ2) is 37.2. The van der Waals surface area contributed by atoms with Crippen molar-refractivity contribution in [3.63, 3.8) is 0 Å². The fourth-order valence-electron chi connectivity index (χ4n) is 2.74. The summed E-state index contributed by atoms with van der Waals surface area (Å²) in [4.78, 5) is 48.8. The molecule has 0 aromatic heterocycles.